The topological polar surface area (TPSA) is 71.9 Å². The molecule has 3 aliphatic heterocycles. The van der Waals surface area contributed by atoms with Crippen LogP contribution >= 0.6 is 0 Å². The Bertz CT molecular complexity index is 729. The number of β-amino-alcohol motifs (C(OH)–C–C–N with tert-alkyl or cyclic N) is 1. The average Bonchev–Trinajstić information content (AvgIpc) is 2.55. The third kappa shape index (κ3) is 3.90. The van der Waals surface area contributed by atoms with Crippen molar-refractivity contribution in [1.82, 2.24) is 14.2 Å². The van der Waals surface area contributed by atoms with Crippen molar-refractivity contribution in [2.75, 3.05) is 45.9 Å². The summed E-state index contributed by atoms with van der Waals surface area (Å²) < 4.78 is 58.0. The van der Waals surface area contributed by atoms with Crippen molar-refractivity contribution in [2.24, 2.45) is 5.41 Å². The highest BCUT2D eigenvalue weighted by Gasteiger charge is 2.57. The maximum atomic E-state index is 12.7. The summed E-state index contributed by atoms with van der Waals surface area (Å²) in [6.45, 7) is 6.21. The van der Waals surface area contributed by atoms with Gasteiger partial charge in [-0.1, -0.05) is 0 Å². The van der Waals surface area contributed by atoms with E-state index in [1.807, 2.05) is 0 Å². The molecule has 3 fully saturated rings. The van der Waals surface area contributed by atoms with E-state index in [9.17, 15) is 22.8 Å². The SMILES string of the molecule is Cc1nc(C(F)(F)F)ccc1[S+]([O-])N1CC2(CN(CC3(O)CCOCC3)C2)C1. The van der Waals surface area contributed by atoms with E-state index in [0.717, 1.165) is 19.2 Å². The Hall–Kier alpha value is -0.910. The number of aryl methyl sites for hydroxylation is 1. The number of aliphatic hydroxyl groups is 1. The van der Waals surface area contributed by atoms with E-state index in [2.05, 4.69) is 9.88 Å². The number of pyridine rings is 1. The summed E-state index contributed by atoms with van der Waals surface area (Å²) in [5.41, 5.74) is -1.43. The molecule has 4 heterocycles. The molecule has 10 heteroatoms. The van der Waals surface area contributed by atoms with Crippen molar-refractivity contribution in [2.45, 2.75) is 36.4 Å². The molecular formula is C18H24F3N3O3S. The van der Waals surface area contributed by atoms with Gasteiger partial charge in [0.25, 0.3) is 0 Å². The van der Waals surface area contributed by atoms with E-state index < -0.39 is 28.8 Å². The zero-order valence-electron chi connectivity index (χ0n) is 15.7. The van der Waals surface area contributed by atoms with Crippen molar-refractivity contribution < 1.29 is 27.6 Å². The molecule has 3 aliphatic rings. The number of nitrogens with zero attached hydrogens (tertiary/aromatic N) is 3. The van der Waals surface area contributed by atoms with E-state index in [4.69, 9.17) is 4.74 Å². The standard InChI is InChI=1S/C18H24F3N3O3S/c1-13-14(2-3-15(22-13)18(19,20)21)28(26)24-10-16(11-24)8-23(9-16)12-17(25)4-6-27-7-5-17/h2-3,25H,4-12H2,1H3. The quantitative estimate of drug-likeness (QED) is 0.748. The van der Waals surface area contributed by atoms with Crippen molar-refractivity contribution >= 4 is 11.4 Å². The van der Waals surface area contributed by atoms with Gasteiger partial charge in [0.05, 0.1) is 35.7 Å². The van der Waals surface area contributed by atoms with Crippen LogP contribution in [0.5, 0.6) is 0 Å². The van der Waals surface area contributed by atoms with Gasteiger partial charge in [-0.15, -0.1) is 4.31 Å². The van der Waals surface area contributed by atoms with Gasteiger partial charge >= 0.3 is 6.18 Å². The third-order valence-electron chi connectivity index (χ3n) is 5.83. The van der Waals surface area contributed by atoms with Gasteiger partial charge in [-0.3, -0.25) is 4.90 Å². The molecule has 0 bridgehead atoms. The van der Waals surface area contributed by atoms with E-state index in [1.54, 1.807) is 4.31 Å². The molecular weight excluding hydrogens is 395 g/mol. The lowest BCUT2D eigenvalue weighted by atomic mass is 9.73. The molecule has 4 rings (SSSR count). The Morgan fingerprint density at radius 2 is 1.86 bits per heavy atom. The first-order chi connectivity index (χ1) is 13.1. The molecule has 156 valence electrons. The molecule has 1 aromatic rings. The Morgan fingerprint density at radius 3 is 2.43 bits per heavy atom. The largest absolute Gasteiger partial charge is 0.593 e. The van der Waals surface area contributed by atoms with Crippen molar-refractivity contribution in [3.63, 3.8) is 0 Å². The number of halogens is 3. The second-order valence-electron chi connectivity index (χ2n) is 8.31. The monoisotopic (exact) mass is 419 g/mol. The molecule has 0 saturated carbocycles. The summed E-state index contributed by atoms with van der Waals surface area (Å²) >= 11 is -1.51. The minimum absolute atomic E-state index is 0.0738. The second kappa shape index (κ2) is 7.10. The first kappa shape index (κ1) is 20.4. The van der Waals surface area contributed by atoms with Crippen LogP contribution in [0, 0.1) is 12.3 Å². The van der Waals surface area contributed by atoms with Crippen LogP contribution < -0.4 is 0 Å². The van der Waals surface area contributed by atoms with Gasteiger partial charge in [0, 0.05) is 51.1 Å². The second-order valence-corrected chi connectivity index (χ2v) is 9.76. The number of hydrogen-bond acceptors (Lipinski definition) is 6. The van der Waals surface area contributed by atoms with Crippen LogP contribution in [-0.2, 0) is 22.3 Å². The van der Waals surface area contributed by atoms with Crippen LogP contribution in [0.3, 0.4) is 0 Å². The fourth-order valence-corrected chi connectivity index (χ4v) is 5.93. The molecule has 6 nitrogen and oxygen atoms in total. The molecule has 1 atom stereocenters. The maximum Gasteiger partial charge on any atom is 0.433 e. The lowest BCUT2D eigenvalue weighted by molar-refractivity contribution is -0.141. The van der Waals surface area contributed by atoms with Crippen LogP contribution in [0.15, 0.2) is 17.0 Å². The van der Waals surface area contributed by atoms with E-state index >= 15 is 0 Å². The predicted octanol–water partition coefficient (Wildman–Crippen LogP) is 1.59. The van der Waals surface area contributed by atoms with E-state index in [0.29, 0.717) is 50.6 Å². The first-order valence-electron chi connectivity index (χ1n) is 9.34. The summed E-state index contributed by atoms with van der Waals surface area (Å²) in [4.78, 5) is 6.12. The minimum Gasteiger partial charge on any atom is -0.593 e. The average molecular weight is 419 g/mol. The molecule has 3 saturated heterocycles. The molecule has 0 amide bonds. The third-order valence-corrected chi connectivity index (χ3v) is 7.37. The Morgan fingerprint density at radius 1 is 1.21 bits per heavy atom. The van der Waals surface area contributed by atoms with Gasteiger partial charge in [-0.25, -0.2) is 4.98 Å². The number of ether oxygens (including phenoxy) is 1. The van der Waals surface area contributed by atoms with Gasteiger partial charge in [0.15, 0.2) is 4.90 Å². The lowest BCUT2D eigenvalue weighted by Gasteiger charge is -2.59. The molecule has 1 spiro atoms. The number of alkyl halides is 3. The zero-order valence-corrected chi connectivity index (χ0v) is 16.5. The van der Waals surface area contributed by atoms with E-state index in [1.165, 1.54) is 13.0 Å². The zero-order chi connectivity index (χ0) is 20.2. The fraction of sp³-hybridized carbons (Fsp3) is 0.722. The van der Waals surface area contributed by atoms with Crippen LogP contribution in [0.4, 0.5) is 13.2 Å². The van der Waals surface area contributed by atoms with Crippen LogP contribution in [-0.4, -0.2) is 75.4 Å². The molecule has 0 aliphatic carbocycles. The van der Waals surface area contributed by atoms with Gasteiger partial charge in [0.2, 0.25) is 0 Å². The highest BCUT2D eigenvalue weighted by Crippen LogP contribution is 2.43. The summed E-state index contributed by atoms with van der Waals surface area (Å²) in [6.07, 6.45) is -3.21. The van der Waals surface area contributed by atoms with E-state index in [-0.39, 0.29) is 11.1 Å². The van der Waals surface area contributed by atoms with Crippen molar-refractivity contribution in [3.8, 4) is 0 Å². The smallest absolute Gasteiger partial charge is 0.433 e. The number of hydrogen-bond donors (Lipinski definition) is 1. The Balaban J connectivity index is 1.30. The van der Waals surface area contributed by atoms with Crippen LogP contribution in [0.25, 0.3) is 0 Å². The molecule has 0 aromatic carbocycles. The number of rotatable bonds is 4. The molecule has 1 aromatic heterocycles. The van der Waals surface area contributed by atoms with Crippen molar-refractivity contribution in [3.05, 3.63) is 23.5 Å². The van der Waals surface area contributed by atoms with Gasteiger partial charge in [-0.05, 0) is 19.1 Å². The molecule has 1 unspecified atom stereocenters. The number of aromatic nitrogens is 1. The van der Waals surface area contributed by atoms with Gasteiger partial charge in [0.1, 0.15) is 5.69 Å². The lowest BCUT2D eigenvalue weighted by Crippen LogP contribution is -2.74. The minimum atomic E-state index is -4.50. The summed E-state index contributed by atoms with van der Waals surface area (Å²) in [5.74, 6) is 0. The van der Waals surface area contributed by atoms with Crippen LogP contribution in [0.1, 0.15) is 24.2 Å². The Kier molecular flexibility index (Phi) is 5.17. The summed E-state index contributed by atoms with van der Waals surface area (Å²) in [7, 11) is 0. The normalized spacial score (nSPS) is 25.9. The molecule has 28 heavy (non-hydrogen) atoms. The Labute approximate surface area is 165 Å². The number of likely N-dealkylation sites (tertiary alicyclic amines) is 1. The molecule has 1 N–H and O–H groups in total. The van der Waals surface area contributed by atoms with Gasteiger partial charge < -0.3 is 14.4 Å². The summed E-state index contributed by atoms with van der Waals surface area (Å²) in [5, 5.41) is 10.6. The highest BCUT2D eigenvalue weighted by molar-refractivity contribution is 7.89. The maximum absolute atomic E-state index is 12.7. The first-order valence-corrected chi connectivity index (χ1v) is 10.4. The predicted molar refractivity (Wildman–Crippen MR) is 95.8 cm³/mol. The van der Waals surface area contributed by atoms with Crippen molar-refractivity contribution in [1.29, 1.82) is 0 Å². The molecule has 0 radical (unpaired) electrons. The summed E-state index contributed by atoms with van der Waals surface area (Å²) in [6, 6.07) is 2.15. The van der Waals surface area contributed by atoms with Gasteiger partial charge in [-0.2, -0.15) is 13.2 Å². The van der Waals surface area contributed by atoms with Crippen LogP contribution in [0.2, 0.25) is 0 Å². The fourth-order valence-electron chi connectivity index (χ4n) is 4.39. The highest BCUT2D eigenvalue weighted by atomic mass is 32.2.